The summed E-state index contributed by atoms with van der Waals surface area (Å²) in [6.45, 7) is -2.89. The fourth-order valence-corrected chi connectivity index (χ4v) is 3.78. The molecule has 3 aromatic rings. The number of carbonyl (C=O) groups is 1. The highest BCUT2D eigenvalue weighted by molar-refractivity contribution is 7.21. The van der Waals surface area contributed by atoms with E-state index in [1.54, 1.807) is 18.2 Å². The Hall–Kier alpha value is -1.89. The van der Waals surface area contributed by atoms with Crippen LogP contribution in [-0.4, -0.2) is 12.5 Å². The molecule has 1 amide bonds. The Morgan fingerprint density at radius 2 is 1.83 bits per heavy atom. The highest BCUT2D eigenvalue weighted by Gasteiger charge is 2.17. The molecule has 3 rings (SSSR count). The van der Waals surface area contributed by atoms with Crippen molar-refractivity contribution in [1.29, 1.82) is 0 Å². The van der Waals surface area contributed by atoms with Crippen molar-refractivity contribution >= 4 is 56.2 Å². The number of nitrogens with one attached hydrogen (secondary N) is 1. The number of amides is 1. The van der Waals surface area contributed by atoms with Crippen LogP contribution in [0.25, 0.3) is 10.1 Å². The summed E-state index contributed by atoms with van der Waals surface area (Å²) in [7, 11) is 0. The number of halogens is 4. The molecule has 0 radical (unpaired) electrons. The van der Waals surface area contributed by atoms with Gasteiger partial charge in [0.25, 0.3) is 5.91 Å². The first-order valence-electron chi connectivity index (χ1n) is 6.68. The Bertz CT molecular complexity index is 897. The van der Waals surface area contributed by atoms with Crippen LogP contribution in [0.2, 0.25) is 10.0 Å². The summed E-state index contributed by atoms with van der Waals surface area (Å²) in [5.74, 6) is -0.377. The van der Waals surface area contributed by atoms with Crippen molar-refractivity contribution in [3.63, 3.8) is 0 Å². The second kappa shape index (κ2) is 6.93. The van der Waals surface area contributed by atoms with E-state index in [2.05, 4.69) is 10.1 Å². The summed E-state index contributed by atoms with van der Waals surface area (Å²) in [4.78, 5) is 12.7. The van der Waals surface area contributed by atoms with E-state index in [4.69, 9.17) is 23.2 Å². The van der Waals surface area contributed by atoms with Gasteiger partial charge in [-0.1, -0.05) is 29.3 Å². The van der Waals surface area contributed by atoms with E-state index in [9.17, 15) is 13.6 Å². The Morgan fingerprint density at radius 3 is 2.50 bits per heavy atom. The molecule has 24 heavy (non-hydrogen) atoms. The molecular weight excluding hydrogens is 379 g/mol. The number of alkyl halides is 2. The third-order valence-corrected chi connectivity index (χ3v) is 5.03. The van der Waals surface area contributed by atoms with Crippen LogP contribution in [0.1, 0.15) is 9.67 Å². The molecule has 0 bridgehead atoms. The van der Waals surface area contributed by atoms with Crippen LogP contribution in [0, 0.1) is 0 Å². The zero-order valence-corrected chi connectivity index (χ0v) is 14.2. The minimum atomic E-state index is -2.89. The molecule has 0 atom stereocenters. The van der Waals surface area contributed by atoms with Gasteiger partial charge in [0.2, 0.25) is 0 Å². The van der Waals surface area contributed by atoms with Gasteiger partial charge in [-0.3, -0.25) is 4.79 Å². The van der Waals surface area contributed by atoms with Gasteiger partial charge in [-0.05, 0) is 36.4 Å². The maximum Gasteiger partial charge on any atom is 0.387 e. The molecule has 0 unspecified atom stereocenters. The van der Waals surface area contributed by atoms with Crippen molar-refractivity contribution in [2.45, 2.75) is 6.61 Å². The smallest absolute Gasteiger partial charge is 0.387 e. The zero-order valence-electron chi connectivity index (χ0n) is 11.9. The SMILES string of the molecule is O=C(Nc1ccc(OC(F)F)cc1)c1sc2cc(Cl)ccc2c1Cl. The van der Waals surface area contributed by atoms with Crippen molar-refractivity contribution in [2.75, 3.05) is 5.32 Å². The fourth-order valence-electron chi connectivity index (χ4n) is 2.09. The summed E-state index contributed by atoms with van der Waals surface area (Å²) < 4.78 is 29.3. The number of ether oxygens (including phenoxy) is 1. The molecule has 0 spiro atoms. The van der Waals surface area contributed by atoms with Gasteiger partial charge in [0, 0.05) is 20.8 Å². The molecule has 0 fully saturated rings. The first kappa shape index (κ1) is 17.0. The van der Waals surface area contributed by atoms with Crippen LogP contribution in [0.4, 0.5) is 14.5 Å². The number of hydrogen-bond donors (Lipinski definition) is 1. The third-order valence-electron chi connectivity index (χ3n) is 3.14. The number of fused-ring (bicyclic) bond motifs is 1. The molecular formula is C16H9Cl2F2NO2S. The van der Waals surface area contributed by atoms with E-state index in [-0.39, 0.29) is 11.7 Å². The van der Waals surface area contributed by atoms with Crippen LogP contribution < -0.4 is 10.1 Å². The quantitative estimate of drug-likeness (QED) is 0.590. The molecule has 0 aliphatic heterocycles. The molecule has 0 aliphatic rings. The molecule has 0 aliphatic carbocycles. The summed E-state index contributed by atoms with van der Waals surface area (Å²) in [6, 6.07) is 10.8. The fraction of sp³-hybridized carbons (Fsp3) is 0.0625. The predicted molar refractivity (Wildman–Crippen MR) is 92.9 cm³/mol. The lowest BCUT2D eigenvalue weighted by Crippen LogP contribution is -2.10. The number of thiophene rings is 1. The van der Waals surface area contributed by atoms with E-state index >= 15 is 0 Å². The number of rotatable bonds is 4. The highest BCUT2D eigenvalue weighted by Crippen LogP contribution is 2.37. The molecule has 1 aromatic heterocycles. The van der Waals surface area contributed by atoms with Crippen LogP contribution in [0.3, 0.4) is 0 Å². The normalized spacial score (nSPS) is 11.0. The number of carbonyl (C=O) groups excluding carboxylic acids is 1. The van der Waals surface area contributed by atoms with E-state index in [1.807, 2.05) is 0 Å². The van der Waals surface area contributed by atoms with Crippen LogP contribution in [0.15, 0.2) is 42.5 Å². The first-order chi connectivity index (χ1) is 11.4. The number of benzene rings is 2. The molecule has 0 saturated heterocycles. The summed E-state index contributed by atoms with van der Waals surface area (Å²) in [6.07, 6.45) is 0. The van der Waals surface area contributed by atoms with Gasteiger partial charge < -0.3 is 10.1 Å². The number of hydrogen-bond acceptors (Lipinski definition) is 3. The first-order valence-corrected chi connectivity index (χ1v) is 8.25. The molecule has 3 nitrogen and oxygen atoms in total. The standard InChI is InChI=1S/C16H9Cl2F2NO2S/c17-8-1-6-11-12(7-8)24-14(13(11)18)15(22)21-9-2-4-10(5-3-9)23-16(19)20/h1-7,16H,(H,21,22). The van der Waals surface area contributed by atoms with Gasteiger partial charge in [-0.25, -0.2) is 0 Å². The molecule has 1 N–H and O–H groups in total. The van der Waals surface area contributed by atoms with Gasteiger partial charge in [-0.2, -0.15) is 8.78 Å². The lowest BCUT2D eigenvalue weighted by molar-refractivity contribution is -0.0498. The predicted octanol–water partition coefficient (Wildman–Crippen LogP) is 6.06. The van der Waals surface area contributed by atoms with Crippen molar-refractivity contribution < 1.29 is 18.3 Å². The number of anilines is 1. The lowest BCUT2D eigenvalue weighted by Gasteiger charge is -2.07. The second-order valence-corrected chi connectivity index (χ2v) is 6.61. The highest BCUT2D eigenvalue weighted by atomic mass is 35.5. The molecule has 124 valence electrons. The van der Waals surface area contributed by atoms with Crippen LogP contribution in [-0.2, 0) is 0 Å². The van der Waals surface area contributed by atoms with Crippen molar-refractivity contribution in [3.8, 4) is 5.75 Å². The Balaban J connectivity index is 1.81. The van der Waals surface area contributed by atoms with Gasteiger partial charge in [0.1, 0.15) is 10.6 Å². The van der Waals surface area contributed by atoms with E-state index in [0.717, 1.165) is 10.1 Å². The topological polar surface area (TPSA) is 38.3 Å². The van der Waals surface area contributed by atoms with E-state index in [0.29, 0.717) is 20.6 Å². The van der Waals surface area contributed by atoms with Crippen molar-refractivity contribution in [3.05, 3.63) is 57.4 Å². The minimum absolute atomic E-state index is 0.0116. The maximum absolute atomic E-state index is 12.4. The Morgan fingerprint density at radius 1 is 1.12 bits per heavy atom. The molecule has 2 aromatic carbocycles. The molecule has 0 saturated carbocycles. The van der Waals surface area contributed by atoms with Gasteiger partial charge in [0.05, 0.1) is 5.02 Å². The average molecular weight is 388 g/mol. The molecule has 1 heterocycles. The van der Waals surface area contributed by atoms with E-state index in [1.165, 1.54) is 35.6 Å². The van der Waals surface area contributed by atoms with Crippen molar-refractivity contribution in [2.24, 2.45) is 0 Å². The summed E-state index contributed by atoms with van der Waals surface area (Å²) in [5.41, 5.74) is 0.438. The van der Waals surface area contributed by atoms with Crippen LogP contribution >= 0.6 is 34.5 Å². The van der Waals surface area contributed by atoms with Gasteiger partial charge >= 0.3 is 6.61 Å². The monoisotopic (exact) mass is 387 g/mol. The largest absolute Gasteiger partial charge is 0.435 e. The van der Waals surface area contributed by atoms with Gasteiger partial charge in [0.15, 0.2) is 0 Å². The van der Waals surface area contributed by atoms with Gasteiger partial charge in [-0.15, -0.1) is 11.3 Å². The summed E-state index contributed by atoms with van der Waals surface area (Å²) in [5, 5.41) is 4.32. The Labute approximate surface area is 149 Å². The maximum atomic E-state index is 12.4. The van der Waals surface area contributed by atoms with E-state index < -0.39 is 6.61 Å². The average Bonchev–Trinajstić information content (AvgIpc) is 2.85. The minimum Gasteiger partial charge on any atom is -0.435 e. The summed E-state index contributed by atoms with van der Waals surface area (Å²) >= 11 is 13.4. The Kier molecular flexibility index (Phi) is 4.89. The zero-order chi connectivity index (χ0) is 17.3. The molecule has 8 heteroatoms. The third kappa shape index (κ3) is 3.61. The second-order valence-electron chi connectivity index (χ2n) is 4.74. The lowest BCUT2D eigenvalue weighted by atomic mass is 10.2. The van der Waals surface area contributed by atoms with Crippen molar-refractivity contribution in [1.82, 2.24) is 0 Å². The van der Waals surface area contributed by atoms with Crippen LogP contribution in [0.5, 0.6) is 5.75 Å².